The van der Waals surface area contributed by atoms with Crippen LogP contribution in [0.5, 0.6) is 11.5 Å². The number of hydrogen-bond donors (Lipinski definition) is 1. The van der Waals surface area contributed by atoms with Crippen LogP contribution in [-0.2, 0) is 4.79 Å². The molecule has 1 aliphatic heterocycles. The monoisotopic (exact) mass is 405 g/mol. The molecule has 0 bridgehead atoms. The van der Waals surface area contributed by atoms with Gasteiger partial charge in [-0.3, -0.25) is 9.69 Å². The van der Waals surface area contributed by atoms with Crippen molar-refractivity contribution in [3.63, 3.8) is 0 Å². The molecule has 0 spiro atoms. The van der Waals surface area contributed by atoms with Crippen molar-refractivity contribution >= 4 is 57.6 Å². The molecule has 1 fully saturated rings. The minimum atomic E-state index is -0.184. The summed E-state index contributed by atoms with van der Waals surface area (Å²) in [6, 6.07) is 10.8. The van der Waals surface area contributed by atoms with Crippen molar-refractivity contribution in [2.75, 3.05) is 11.5 Å². The highest BCUT2D eigenvalue weighted by Gasteiger charge is 2.34. The number of carbonyl (C=O) groups excluding carboxylic acids is 1. The molecule has 1 saturated heterocycles. The third-order valence-corrected chi connectivity index (χ3v) is 5.39. The maximum absolute atomic E-state index is 12.9. The number of rotatable bonds is 4. The molecule has 0 atom stereocenters. The van der Waals surface area contributed by atoms with Crippen LogP contribution in [0.1, 0.15) is 18.1 Å². The molecule has 26 heavy (non-hydrogen) atoms. The number of hydrogen-bond acceptors (Lipinski definition) is 5. The Bertz CT molecular complexity index is 927. The molecule has 1 N–H and O–H groups in total. The first-order valence-corrected chi connectivity index (χ1v) is 9.51. The van der Waals surface area contributed by atoms with Gasteiger partial charge in [0.15, 0.2) is 15.8 Å². The second-order valence-corrected chi connectivity index (χ2v) is 7.67. The second-order valence-electron chi connectivity index (χ2n) is 5.59. The van der Waals surface area contributed by atoms with E-state index in [-0.39, 0.29) is 22.4 Å². The maximum Gasteiger partial charge on any atom is 0.270 e. The molecular weight excluding hydrogens is 390 g/mol. The van der Waals surface area contributed by atoms with E-state index >= 15 is 0 Å². The lowest BCUT2D eigenvalue weighted by molar-refractivity contribution is -0.113. The Morgan fingerprint density at radius 3 is 2.77 bits per heavy atom. The number of halogens is 1. The molecule has 0 radical (unpaired) electrons. The Labute approximate surface area is 166 Å². The average molecular weight is 406 g/mol. The molecular formula is C19H16ClNO3S2. The molecule has 4 nitrogen and oxygen atoms in total. The zero-order valence-corrected chi connectivity index (χ0v) is 16.5. The van der Waals surface area contributed by atoms with Gasteiger partial charge in [0.1, 0.15) is 0 Å². The van der Waals surface area contributed by atoms with E-state index in [2.05, 4.69) is 0 Å². The number of ether oxygens (including phenoxy) is 1. The highest BCUT2D eigenvalue weighted by atomic mass is 35.5. The van der Waals surface area contributed by atoms with Crippen molar-refractivity contribution in [2.45, 2.75) is 13.8 Å². The van der Waals surface area contributed by atoms with E-state index in [9.17, 15) is 9.90 Å². The van der Waals surface area contributed by atoms with Crippen molar-refractivity contribution in [3.05, 3.63) is 57.5 Å². The molecule has 0 aromatic heterocycles. The van der Waals surface area contributed by atoms with Crippen LogP contribution < -0.4 is 9.64 Å². The number of aromatic hydroxyl groups is 1. The van der Waals surface area contributed by atoms with Crippen molar-refractivity contribution in [1.29, 1.82) is 0 Å². The van der Waals surface area contributed by atoms with E-state index in [1.165, 1.54) is 16.7 Å². The fourth-order valence-electron chi connectivity index (χ4n) is 2.58. The van der Waals surface area contributed by atoms with E-state index < -0.39 is 0 Å². The van der Waals surface area contributed by atoms with Crippen LogP contribution in [0.3, 0.4) is 0 Å². The highest BCUT2D eigenvalue weighted by Crippen LogP contribution is 2.40. The Morgan fingerprint density at radius 2 is 2.08 bits per heavy atom. The van der Waals surface area contributed by atoms with Gasteiger partial charge >= 0.3 is 0 Å². The van der Waals surface area contributed by atoms with Crippen molar-refractivity contribution in [1.82, 2.24) is 0 Å². The minimum absolute atomic E-state index is 0.113. The van der Waals surface area contributed by atoms with Gasteiger partial charge in [0.2, 0.25) is 0 Å². The van der Waals surface area contributed by atoms with Crippen molar-refractivity contribution < 1.29 is 14.6 Å². The number of thioether (sulfide) groups is 1. The van der Waals surface area contributed by atoms with Gasteiger partial charge in [0, 0.05) is 0 Å². The van der Waals surface area contributed by atoms with Crippen LogP contribution >= 0.6 is 35.6 Å². The molecule has 0 saturated carbocycles. The molecule has 1 amide bonds. The molecule has 1 heterocycles. The Kier molecular flexibility index (Phi) is 5.55. The summed E-state index contributed by atoms with van der Waals surface area (Å²) in [5, 5.41) is 10.1. The summed E-state index contributed by atoms with van der Waals surface area (Å²) >= 11 is 12.7. The third kappa shape index (κ3) is 3.58. The first-order valence-electron chi connectivity index (χ1n) is 7.91. The molecule has 3 rings (SSSR count). The SMILES string of the molecule is CCOc1cc(/C=C2\SC(=S)N(c3ccccc3C)C2=O)cc(Cl)c1O. The maximum atomic E-state index is 12.9. The van der Waals surface area contributed by atoms with Crippen LogP contribution in [0, 0.1) is 6.92 Å². The predicted molar refractivity (Wildman–Crippen MR) is 111 cm³/mol. The number of aryl methyl sites for hydroxylation is 1. The molecule has 2 aromatic rings. The van der Waals surface area contributed by atoms with Gasteiger partial charge in [-0.25, -0.2) is 0 Å². The number of phenols is 1. The summed E-state index contributed by atoms with van der Waals surface area (Å²) in [6.07, 6.45) is 1.70. The normalized spacial score (nSPS) is 15.8. The minimum Gasteiger partial charge on any atom is -0.503 e. The number of amides is 1. The zero-order chi connectivity index (χ0) is 18.8. The number of nitrogens with zero attached hydrogens (tertiary/aromatic N) is 1. The van der Waals surface area contributed by atoms with E-state index in [1.807, 2.05) is 38.1 Å². The lowest BCUT2D eigenvalue weighted by atomic mass is 10.1. The lowest BCUT2D eigenvalue weighted by Crippen LogP contribution is -2.28. The van der Waals surface area contributed by atoms with Crippen LogP contribution in [0.4, 0.5) is 5.69 Å². The van der Waals surface area contributed by atoms with Gasteiger partial charge in [-0.1, -0.05) is 53.8 Å². The number of para-hydroxylation sites is 1. The number of phenolic OH excluding ortho intramolecular Hbond substituents is 1. The van der Waals surface area contributed by atoms with Gasteiger partial charge in [-0.2, -0.15) is 0 Å². The standard InChI is InChI=1S/C19H16ClNO3S2/c1-3-24-15-9-12(8-13(20)17(15)22)10-16-18(23)21(19(25)26-16)14-7-5-4-6-11(14)2/h4-10,22H,3H2,1-2H3/b16-10-. The van der Waals surface area contributed by atoms with E-state index in [0.29, 0.717) is 21.4 Å². The summed E-state index contributed by atoms with van der Waals surface area (Å²) in [4.78, 5) is 14.9. The lowest BCUT2D eigenvalue weighted by Gasteiger charge is -2.16. The number of benzene rings is 2. The van der Waals surface area contributed by atoms with Gasteiger partial charge in [0.25, 0.3) is 5.91 Å². The van der Waals surface area contributed by atoms with Crippen LogP contribution in [0.15, 0.2) is 41.3 Å². The summed E-state index contributed by atoms with van der Waals surface area (Å²) in [5.41, 5.74) is 2.40. The third-order valence-electron chi connectivity index (χ3n) is 3.80. The molecule has 7 heteroatoms. The smallest absolute Gasteiger partial charge is 0.270 e. The van der Waals surface area contributed by atoms with Gasteiger partial charge in [-0.05, 0) is 49.2 Å². The first kappa shape index (κ1) is 18.8. The highest BCUT2D eigenvalue weighted by molar-refractivity contribution is 8.27. The van der Waals surface area contributed by atoms with E-state index in [1.54, 1.807) is 18.2 Å². The summed E-state index contributed by atoms with van der Waals surface area (Å²) in [5.74, 6) is -0.0183. The Balaban J connectivity index is 1.97. The molecule has 2 aromatic carbocycles. The summed E-state index contributed by atoms with van der Waals surface area (Å²) in [6.45, 7) is 4.14. The topological polar surface area (TPSA) is 49.8 Å². The first-order chi connectivity index (χ1) is 12.4. The number of carbonyl (C=O) groups is 1. The van der Waals surface area contributed by atoms with Crippen molar-refractivity contribution in [2.24, 2.45) is 0 Å². The Morgan fingerprint density at radius 1 is 1.35 bits per heavy atom. The number of anilines is 1. The summed E-state index contributed by atoms with van der Waals surface area (Å²) < 4.78 is 5.86. The Hall–Kier alpha value is -2.02. The largest absolute Gasteiger partial charge is 0.503 e. The van der Waals surface area contributed by atoms with Gasteiger partial charge in [0.05, 0.1) is 22.2 Å². The zero-order valence-electron chi connectivity index (χ0n) is 14.2. The van der Waals surface area contributed by atoms with E-state index in [0.717, 1.165) is 11.3 Å². The fourth-order valence-corrected chi connectivity index (χ4v) is 4.09. The average Bonchev–Trinajstić information content (AvgIpc) is 2.87. The summed E-state index contributed by atoms with van der Waals surface area (Å²) in [7, 11) is 0. The van der Waals surface area contributed by atoms with Crippen LogP contribution in [0.2, 0.25) is 5.02 Å². The molecule has 1 aliphatic rings. The second kappa shape index (κ2) is 7.70. The van der Waals surface area contributed by atoms with Crippen LogP contribution in [-0.4, -0.2) is 21.9 Å². The van der Waals surface area contributed by atoms with Crippen molar-refractivity contribution in [3.8, 4) is 11.5 Å². The number of thiocarbonyl (C=S) groups is 1. The van der Waals surface area contributed by atoms with Gasteiger partial charge in [-0.15, -0.1) is 0 Å². The molecule has 0 aliphatic carbocycles. The quantitative estimate of drug-likeness (QED) is 0.562. The van der Waals surface area contributed by atoms with Crippen LogP contribution in [0.25, 0.3) is 6.08 Å². The fraction of sp³-hybridized carbons (Fsp3) is 0.158. The van der Waals surface area contributed by atoms with E-state index in [4.69, 9.17) is 28.6 Å². The molecule has 134 valence electrons. The molecule has 0 unspecified atom stereocenters. The predicted octanol–water partition coefficient (Wildman–Crippen LogP) is 5.16. The van der Waals surface area contributed by atoms with Gasteiger partial charge < -0.3 is 9.84 Å².